The maximum atomic E-state index is 13.6. The van der Waals surface area contributed by atoms with E-state index >= 15 is 0 Å². The molecule has 178 valence electrons. The molecule has 11 heteroatoms. The third-order valence-corrected chi connectivity index (χ3v) is 10.7. The van der Waals surface area contributed by atoms with Gasteiger partial charge in [-0.3, -0.25) is 9.69 Å². The van der Waals surface area contributed by atoms with Crippen LogP contribution in [0.1, 0.15) is 18.4 Å². The molecule has 0 bridgehead atoms. The lowest BCUT2D eigenvalue weighted by atomic mass is 9.96. The Morgan fingerprint density at radius 3 is 2.55 bits per heavy atom. The zero-order valence-corrected chi connectivity index (χ0v) is 22.0. The number of rotatable bonds is 7. The SMILES string of the molecule is Cc1ccc(Cl)c2sc(N(CCN(C)C)C(=O)C3CCN(S(=O)(=O)c4cccs4)CC3)nc12. The number of aromatic nitrogens is 1. The third-order valence-electron chi connectivity index (χ3n) is 5.85. The molecule has 0 atom stereocenters. The van der Waals surface area contributed by atoms with Crippen LogP contribution in [0.4, 0.5) is 5.13 Å². The number of carbonyl (C=O) groups excluding carboxylic acids is 1. The topological polar surface area (TPSA) is 73.8 Å². The van der Waals surface area contributed by atoms with Gasteiger partial charge >= 0.3 is 0 Å². The van der Waals surface area contributed by atoms with Gasteiger partial charge in [0.2, 0.25) is 5.91 Å². The predicted molar refractivity (Wildman–Crippen MR) is 136 cm³/mol. The number of hydrogen-bond acceptors (Lipinski definition) is 7. The van der Waals surface area contributed by atoms with Gasteiger partial charge in [0.25, 0.3) is 10.0 Å². The molecule has 3 aromatic rings. The van der Waals surface area contributed by atoms with Crippen molar-refractivity contribution in [3.8, 4) is 0 Å². The molecule has 0 aliphatic carbocycles. The van der Waals surface area contributed by atoms with E-state index in [9.17, 15) is 13.2 Å². The van der Waals surface area contributed by atoms with E-state index in [1.54, 1.807) is 22.4 Å². The molecule has 1 aliphatic rings. The quantitative estimate of drug-likeness (QED) is 0.458. The molecular formula is C22H27ClN4O3S3. The lowest BCUT2D eigenvalue weighted by Gasteiger charge is -2.33. The van der Waals surface area contributed by atoms with E-state index in [-0.39, 0.29) is 11.8 Å². The monoisotopic (exact) mass is 526 g/mol. The Hall–Kier alpha value is -1.56. The number of halogens is 1. The fraction of sp³-hybridized carbons (Fsp3) is 0.455. The van der Waals surface area contributed by atoms with Crippen LogP contribution in [-0.2, 0) is 14.8 Å². The molecule has 3 heterocycles. The van der Waals surface area contributed by atoms with Crippen molar-refractivity contribution in [3.05, 3.63) is 40.2 Å². The van der Waals surface area contributed by atoms with Gasteiger partial charge in [-0.1, -0.05) is 35.1 Å². The summed E-state index contributed by atoms with van der Waals surface area (Å²) < 4.78 is 28.4. The van der Waals surface area contributed by atoms with Crippen molar-refractivity contribution < 1.29 is 13.2 Å². The summed E-state index contributed by atoms with van der Waals surface area (Å²) in [6.07, 6.45) is 0.985. The van der Waals surface area contributed by atoms with Gasteiger partial charge in [-0.25, -0.2) is 13.4 Å². The Morgan fingerprint density at radius 1 is 1.21 bits per heavy atom. The Kier molecular flexibility index (Phi) is 7.42. The van der Waals surface area contributed by atoms with Crippen molar-refractivity contribution in [1.29, 1.82) is 0 Å². The largest absolute Gasteiger partial charge is 0.308 e. The number of aryl methyl sites for hydroxylation is 1. The van der Waals surface area contributed by atoms with Gasteiger partial charge in [0, 0.05) is 32.1 Å². The summed E-state index contributed by atoms with van der Waals surface area (Å²) >= 11 is 9.05. The summed E-state index contributed by atoms with van der Waals surface area (Å²) in [5.41, 5.74) is 1.84. The maximum Gasteiger partial charge on any atom is 0.252 e. The average molecular weight is 527 g/mol. The Balaban J connectivity index is 1.54. The molecule has 0 N–H and O–H groups in total. The number of fused-ring (bicyclic) bond motifs is 1. The predicted octanol–water partition coefficient (Wildman–Crippen LogP) is 4.32. The number of piperidine rings is 1. The number of nitrogens with zero attached hydrogens (tertiary/aromatic N) is 4. The molecule has 1 aromatic carbocycles. The van der Waals surface area contributed by atoms with E-state index in [1.807, 2.05) is 38.1 Å². The summed E-state index contributed by atoms with van der Waals surface area (Å²) in [5, 5.41) is 3.03. The summed E-state index contributed by atoms with van der Waals surface area (Å²) in [7, 11) is 0.443. The van der Waals surface area contributed by atoms with Crippen molar-refractivity contribution in [2.75, 3.05) is 45.2 Å². The summed E-state index contributed by atoms with van der Waals surface area (Å²) in [6.45, 7) is 3.86. The summed E-state index contributed by atoms with van der Waals surface area (Å²) in [4.78, 5) is 22.2. The maximum absolute atomic E-state index is 13.6. The van der Waals surface area contributed by atoms with E-state index in [2.05, 4.69) is 0 Å². The molecule has 1 saturated heterocycles. The molecule has 1 fully saturated rings. The number of sulfonamides is 1. The van der Waals surface area contributed by atoms with Gasteiger partial charge in [-0.05, 0) is 56.9 Å². The summed E-state index contributed by atoms with van der Waals surface area (Å²) in [5.74, 6) is -0.247. The van der Waals surface area contributed by atoms with Gasteiger partial charge in [0.05, 0.1) is 15.2 Å². The minimum atomic E-state index is -3.49. The van der Waals surface area contributed by atoms with Gasteiger partial charge in [0.15, 0.2) is 5.13 Å². The van der Waals surface area contributed by atoms with Crippen LogP contribution in [0.3, 0.4) is 0 Å². The van der Waals surface area contributed by atoms with Crippen molar-refractivity contribution >= 4 is 65.6 Å². The number of thiazole rings is 1. The first-order valence-corrected chi connectivity index (χ1v) is 14.3. The van der Waals surface area contributed by atoms with Crippen molar-refractivity contribution in [1.82, 2.24) is 14.2 Å². The van der Waals surface area contributed by atoms with Crippen LogP contribution in [0, 0.1) is 12.8 Å². The molecule has 0 unspecified atom stereocenters. The van der Waals surface area contributed by atoms with Crippen LogP contribution >= 0.6 is 34.3 Å². The fourth-order valence-electron chi connectivity index (χ4n) is 3.91. The summed E-state index contributed by atoms with van der Waals surface area (Å²) in [6, 6.07) is 7.16. The van der Waals surface area contributed by atoms with E-state index in [4.69, 9.17) is 16.6 Å². The van der Waals surface area contributed by atoms with Gasteiger partial charge in [-0.2, -0.15) is 4.31 Å². The number of benzene rings is 1. The van der Waals surface area contributed by atoms with E-state index < -0.39 is 10.0 Å². The number of hydrogen-bond donors (Lipinski definition) is 0. The minimum absolute atomic E-state index is 0.00199. The molecule has 7 nitrogen and oxygen atoms in total. The highest BCUT2D eigenvalue weighted by Crippen LogP contribution is 2.37. The molecule has 4 rings (SSSR count). The van der Waals surface area contributed by atoms with Crippen LogP contribution < -0.4 is 4.90 Å². The van der Waals surface area contributed by atoms with Crippen molar-refractivity contribution in [2.24, 2.45) is 5.92 Å². The highest BCUT2D eigenvalue weighted by atomic mass is 35.5. The number of anilines is 1. The first kappa shape index (κ1) is 24.6. The van der Waals surface area contributed by atoms with Crippen LogP contribution in [0.15, 0.2) is 33.9 Å². The fourth-order valence-corrected chi connectivity index (χ4v) is 7.87. The molecule has 33 heavy (non-hydrogen) atoms. The molecule has 1 aliphatic heterocycles. The van der Waals surface area contributed by atoms with Crippen LogP contribution in [-0.4, -0.2) is 68.8 Å². The second-order valence-corrected chi connectivity index (χ2v) is 12.9. The van der Waals surface area contributed by atoms with E-state index in [0.29, 0.717) is 53.4 Å². The van der Waals surface area contributed by atoms with Crippen LogP contribution in [0.25, 0.3) is 10.2 Å². The van der Waals surface area contributed by atoms with E-state index in [1.165, 1.54) is 27.0 Å². The first-order chi connectivity index (χ1) is 15.7. The normalized spacial score (nSPS) is 16.0. The number of likely N-dealkylation sites (N-methyl/N-ethyl adjacent to an activating group) is 1. The molecular weight excluding hydrogens is 500 g/mol. The third kappa shape index (κ3) is 5.11. The second-order valence-electron chi connectivity index (χ2n) is 8.44. The molecule has 2 aromatic heterocycles. The minimum Gasteiger partial charge on any atom is -0.308 e. The molecule has 0 radical (unpaired) electrons. The van der Waals surface area contributed by atoms with Crippen LogP contribution in [0.5, 0.6) is 0 Å². The zero-order valence-electron chi connectivity index (χ0n) is 18.8. The Labute approximate surface area is 207 Å². The smallest absolute Gasteiger partial charge is 0.252 e. The molecule has 1 amide bonds. The van der Waals surface area contributed by atoms with Gasteiger partial charge in [-0.15, -0.1) is 11.3 Å². The Bertz CT molecular complexity index is 1190. The van der Waals surface area contributed by atoms with Crippen molar-refractivity contribution in [3.63, 3.8) is 0 Å². The molecule has 0 saturated carbocycles. The highest BCUT2D eigenvalue weighted by molar-refractivity contribution is 7.91. The number of amides is 1. The van der Waals surface area contributed by atoms with Gasteiger partial charge in [0.1, 0.15) is 4.21 Å². The highest BCUT2D eigenvalue weighted by Gasteiger charge is 2.35. The lowest BCUT2D eigenvalue weighted by Crippen LogP contribution is -2.45. The second kappa shape index (κ2) is 9.97. The lowest BCUT2D eigenvalue weighted by molar-refractivity contribution is -0.123. The molecule has 0 spiro atoms. The Morgan fingerprint density at radius 2 is 1.94 bits per heavy atom. The van der Waals surface area contributed by atoms with Crippen LogP contribution in [0.2, 0.25) is 5.02 Å². The first-order valence-electron chi connectivity index (χ1n) is 10.7. The van der Waals surface area contributed by atoms with Crippen molar-refractivity contribution in [2.45, 2.75) is 24.0 Å². The standard InChI is InChI=1S/C22H27ClN4O3S3/c1-15-6-7-17(23)20-19(15)24-22(32-20)27(13-12-25(2)3)21(28)16-8-10-26(11-9-16)33(29,30)18-5-4-14-31-18/h4-7,14,16H,8-13H2,1-3H3. The zero-order chi connectivity index (χ0) is 23.8. The van der Waals surface area contributed by atoms with E-state index in [0.717, 1.165) is 15.8 Å². The van der Waals surface area contributed by atoms with Gasteiger partial charge < -0.3 is 4.90 Å². The number of carbonyl (C=O) groups is 1. The number of thiophene rings is 1. The average Bonchev–Trinajstić information content (AvgIpc) is 3.48.